The van der Waals surface area contributed by atoms with Gasteiger partial charge < -0.3 is 25.2 Å². The number of unbranched alkanes of at least 4 members (excludes halogenated alkanes) is 1. The van der Waals surface area contributed by atoms with Crippen LogP contribution in [0.4, 0.5) is 9.59 Å². The average molecular weight is 445 g/mol. The Balaban J connectivity index is 2.54. The van der Waals surface area contributed by atoms with E-state index in [4.69, 9.17) is 9.47 Å². The Labute approximate surface area is 175 Å². The fourth-order valence-electron chi connectivity index (χ4n) is 2.03. The Hall–Kier alpha value is -2.86. The number of nitrogens with one attached hydrogen (secondary N) is 3. The smallest absolute Gasteiger partial charge is 0.408 e. The molecule has 0 saturated heterocycles. The van der Waals surface area contributed by atoms with E-state index in [0.29, 0.717) is 12.0 Å². The predicted octanol–water partition coefficient (Wildman–Crippen LogP) is 1.16. The van der Waals surface area contributed by atoms with Crippen molar-refractivity contribution in [3.63, 3.8) is 0 Å². The normalized spacial score (nSPS) is 13.0. The van der Waals surface area contributed by atoms with Gasteiger partial charge in [-0.05, 0) is 18.9 Å². The minimum atomic E-state index is -4.29. The van der Waals surface area contributed by atoms with Crippen LogP contribution in [-0.4, -0.2) is 56.2 Å². The molecule has 0 aliphatic rings. The van der Waals surface area contributed by atoms with E-state index in [-0.39, 0.29) is 13.2 Å². The van der Waals surface area contributed by atoms with Gasteiger partial charge in [-0.25, -0.2) is 18.0 Å². The summed E-state index contributed by atoms with van der Waals surface area (Å²) in [4.78, 5) is 34.6. The second-order valence-electron chi connectivity index (χ2n) is 6.27. The topological polar surface area (TPSA) is 160 Å². The molecule has 30 heavy (non-hydrogen) atoms. The first-order valence-corrected chi connectivity index (χ1v) is 10.8. The third kappa shape index (κ3) is 9.56. The molecule has 0 aliphatic heterocycles. The molecule has 1 rings (SSSR count). The molecule has 0 spiro atoms. The van der Waals surface area contributed by atoms with Gasteiger partial charge in [-0.3, -0.25) is 4.79 Å². The Morgan fingerprint density at radius 3 is 2.37 bits per heavy atom. The summed E-state index contributed by atoms with van der Waals surface area (Å²) >= 11 is 0. The van der Waals surface area contributed by atoms with Gasteiger partial charge in [0.05, 0.1) is 6.61 Å². The van der Waals surface area contributed by atoms with Crippen LogP contribution in [0.5, 0.6) is 0 Å². The first-order chi connectivity index (χ1) is 14.2. The molecule has 2 amide bonds. The van der Waals surface area contributed by atoms with Crippen LogP contribution in [0.25, 0.3) is 0 Å². The molecule has 0 aliphatic carbocycles. The lowest BCUT2D eigenvalue weighted by Gasteiger charge is -2.19. The van der Waals surface area contributed by atoms with Crippen molar-refractivity contribution in [2.75, 3.05) is 13.2 Å². The zero-order valence-electron chi connectivity index (χ0n) is 16.8. The lowest BCUT2D eigenvalue weighted by Crippen LogP contribution is -2.53. The van der Waals surface area contributed by atoms with Crippen LogP contribution in [-0.2, 0) is 30.9 Å². The molecule has 2 unspecified atom stereocenters. The molecule has 12 heteroatoms. The molecular formula is C18H27N3O8S. The quantitative estimate of drug-likeness (QED) is 0.349. The third-order valence-corrected chi connectivity index (χ3v) is 5.45. The van der Waals surface area contributed by atoms with Crippen LogP contribution in [0.15, 0.2) is 30.3 Å². The highest BCUT2D eigenvalue weighted by atomic mass is 32.2. The maximum Gasteiger partial charge on any atom is 0.408 e. The van der Waals surface area contributed by atoms with Crippen LogP contribution in [0, 0.1) is 0 Å². The molecule has 4 N–H and O–H groups in total. The van der Waals surface area contributed by atoms with Crippen molar-refractivity contribution in [1.29, 1.82) is 0 Å². The van der Waals surface area contributed by atoms with Crippen LogP contribution in [0.3, 0.4) is 0 Å². The van der Waals surface area contributed by atoms with E-state index >= 15 is 0 Å². The highest BCUT2D eigenvalue weighted by molar-refractivity contribution is 7.90. The molecule has 11 nitrogen and oxygen atoms in total. The van der Waals surface area contributed by atoms with E-state index in [1.165, 1.54) is 0 Å². The Bertz CT molecular complexity index is 801. The number of carboxylic acids is 1. The number of sulfonamides is 1. The molecule has 1 aromatic carbocycles. The van der Waals surface area contributed by atoms with E-state index in [2.05, 4.69) is 10.6 Å². The van der Waals surface area contributed by atoms with Crippen LogP contribution in [0.2, 0.25) is 0 Å². The number of benzene rings is 1. The summed E-state index contributed by atoms with van der Waals surface area (Å²) in [6.45, 7) is 2.62. The fourth-order valence-corrected chi connectivity index (χ4v) is 3.07. The van der Waals surface area contributed by atoms with E-state index in [9.17, 15) is 27.9 Å². The van der Waals surface area contributed by atoms with E-state index < -0.39 is 46.1 Å². The van der Waals surface area contributed by atoms with Crippen molar-refractivity contribution in [3.8, 4) is 0 Å². The lowest BCUT2D eigenvalue weighted by molar-refractivity contribution is -0.138. The molecule has 1 aromatic rings. The summed E-state index contributed by atoms with van der Waals surface area (Å²) in [5.74, 6) is -1.51. The number of rotatable bonds is 12. The van der Waals surface area contributed by atoms with Crippen molar-refractivity contribution >= 4 is 28.2 Å². The van der Waals surface area contributed by atoms with Gasteiger partial charge in [0, 0.05) is 6.54 Å². The number of hydrogen-bond acceptors (Lipinski definition) is 7. The molecule has 0 bridgehead atoms. The minimum Gasteiger partial charge on any atom is -0.480 e. The maximum atomic E-state index is 12.3. The number of ether oxygens (including phenoxy) is 2. The molecule has 0 aromatic heterocycles. The van der Waals surface area contributed by atoms with Crippen LogP contribution >= 0.6 is 0 Å². The van der Waals surface area contributed by atoms with Gasteiger partial charge in [0.1, 0.15) is 18.0 Å². The Morgan fingerprint density at radius 1 is 1.10 bits per heavy atom. The van der Waals surface area contributed by atoms with E-state index in [1.807, 2.05) is 11.6 Å². The Kier molecular flexibility index (Phi) is 10.6. The van der Waals surface area contributed by atoms with Crippen LogP contribution in [0.1, 0.15) is 32.3 Å². The number of aliphatic carboxylic acids is 1. The first-order valence-electron chi connectivity index (χ1n) is 9.27. The van der Waals surface area contributed by atoms with Gasteiger partial charge in [0.15, 0.2) is 0 Å². The van der Waals surface area contributed by atoms with Crippen molar-refractivity contribution < 1.29 is 37.4 Å². The van der Waals surface area contributed by atoms with Crippen molar-refractivity contribution in [1.82, 2.24) is 15.4 Å². The van der Waals surface area contributed by atoms with Gasteiger partial charge in [0.2, 0.25) is 10.0 Å². The van der Waals surface area contributed by atoms with Gasteiger partial charge in [-0.1, -0.05) is 43.7 Å². The number of carboxylic acid groups (broad SMARTS) is 1. The summed E-state index contributed by atoms with van der Waals surface area (Å²) in [5, 5.41) is 12.0. The highest BCUT2D eigenvalue weighted by Gasteiger charge is 2.30. The monoisotopic (exact) mass is 445 g/mol. The van der Waals surface area contributed by atoms with Crippen LogP contribution < -0.4 is 15.4 Å². The van der Waals surface area contributed by atoms with Crippen molar-refractivity contribution in [2.45, 2.75) is 44.7 Å². The first kappa shape index (κ1) is 25.2. The number of amides is 2. The van der Waals surface area contributed by atoms with Gasteiger partial charge in [-0.15, -0.1) is 0 Å². The summed E-state index contributed by atoms with van der Waals surface area (Å²) in [6.07, 6.45) is -0.388. The molecular weight excluding hydrogens is 418 g/mol. The second-order valence-corrected chi connectivity index (χ2v) is 8.31. The van der Waals surface area contributed by atoms with E-state index in [0.717, 1.165) is 13.3 Å². The Morgan fingerprint density at radius 2 is 1.77 bits per heavy atom. The van der Waals surface area contributed by atoms with Crippen molar-refractivity contribution in [2.24, 2.45) is 0 Å². The number of carbonyl (C=O) groups excluding carboxylic acids is 2. The van der Waals surface area contributed by atoms with Gasteiger partial charge in [0.25, 0.3) is 0 Å². The zero-order valence-corrected chi connectivity index (χ0v) is 17.6. The highest BCUT2D eigenvalue weighted by Crippen LogP contribution is 2.02. The molecule has 168 valence electrons. The second kappa shape index (κ2) is 12.6. The number of carbonyl (C=O) groups is 3. The van der Waals surface area contributed by atoms with Crippen molar-refractivity contribution in [3.05, 3.63) is 35.9 Å². The molecule has 0 saturated carbocycles. The minimum absolute atomic E-state index is 0.0608. The van der Waals surface area contributed by atoms with Gasteiger partial charge >= 0.3 is 18.2 Å². The fraction of sp³-hybridized carbons (Fsp3) is 0.500. The third-order valence-electron chi connectivity index (χ3n) is 3.79. The SMILES string of the molecule is CCCCOC(=O)NCC(NS(=O)(=O)C(C)NC(=O)OCc1ccccc1)C(=O)O. The number of alkyl carbamates (subject to hydrolysis) is 2. The largest absolute Gasteiger partial charge is 0.480 e. The number of hydrogen-bond donors (Lipinski definition) is 4. The summed E-state index contributed by atoms with van der Waals surface area (Å²) < 4.78 is 36.3. The summed E-state index contributed by atoms with van der Waals surface area (Å²) in [6, 6.07) is 7.11. The molecule has 0 fully saturated rings. The average Bonchev–Trinajstić information content (AvgIpc) is 2.70. The zero-order chi connectivity index (χ0) is 22.6. The summed E-state index contributed by atoms with van der Waals surface area (Å²) in [7, 11) is -4.29. The van der Waals surface area contributed by atoms with E-state index in [1.54, 1.807) is 30.3 Å². The standard InChI is InChI=1S/C18H27N3O8S/c1-3-4-10-28-17(24)19-11-15(16(22)23)21-30(26,27)13(2)20-18(25)29-12-14-8-6-5-7-9-14/h5-9,13,15,21H,3-4,10-12H2,1-2H3,(H,19,24)(H,20,25)(H,22,23). The van der Waals surface area contributed by atoms with Gasteiger partial charge in [-0.2, -0.15) is 4.72 Å². The molecule has 0 radical (unpaired) electrons. The molecule has 0 heterocycles. The summed E-state index contributed by atoms with van der Waals surface area (Å²) in [5.41, 5.74) is 0.712. The maximum absolute atomic E-state index is 12.3. The molecule has 2 atom stereocenters. The lowest BCUT2D eigenvalue weighted by atomic mass is 10.2. The predicted molar refractivity (Wildman–Crippen MR) is 107 cm³/mol.